The number of anilines is 1. The van der Waals surface area contributed by atoms with E-state index in [0.717, 1.165) is 16.5 Å². The monoisotopic (exact) mass is 430 g/mol. The first-order valence-electron chi connectivity index (χ1n) is 11.3. The average molecular weight is 431 g/mol. The lowest BCUT2D eigenvalue weighted by atomic mass is 9.96. The van der Waals surface area contributed by atoms with Gasteiger partial charge >= 0.3 is 0 Å². The third kappa shape index (κ3) is 3.55. The summed E-state index contributed by atoms with van der Waals surface area (Å²) in [5.74, 6) is 0. The zero-order chi connectivity index (χ0) is 21.5. The van der Waals surface area contributed by atoms with Gasteiger partial charge < -0.3 is 14.8 Å². The molecule has 0 bridgehead atoms. The maximum atomic E-state index is 5.88. The van der Waals surface area contributed by atoms with E-state index in [0.29, 0.717) is 6.04 Å². The highest BCUT2D eigenvalue weighted by atomic mass is 32.1. The molecule has 31 heavy (non-hydrogen) atoms. The molecule has 2 aliphatic rings. The van der Waals surface area contributed by atoms with Gasteiger partial charge in [-0.3, -0.25) is 4.98 Å². The van der Waals surface area contributed by atoms with Gasteiger partial charge in [0.25, 0.3) is 0 Å². The molecular formula is C26H30N4S. The molecule has 1 saturated heterocycles. The van der Waals surface area contributed by atoms with Gasteiger partial charge in [-0.05, 0) is 81.7 Å². The number of hydrogen-bond donors (Lipinski definition) is 1. The van der Waals surface area contributed by atoms with E-state index in [1.54, 1.807) is 0 Å². The van der Waals surface area contributed by atoms with Crippen molar-refractivity contribution >= 4 is 23.0 Å². The van der Waals surface area contributed by atoms with E-state index in [1.165, 1.54) is 48.2 Å². The van der Waals surface area contributed by atoms with Gasteiger partial charge in [-0.15, -0.1) is 0 Å². The van der Waals surface area contributed by atoms with Crippen LogP contribution in [0.25, 0.3) is 0 Å². The van der Waals surface area contributed by atoms with E-state index in [2.05, 4.69) is 78.0 Å². The number of rotatable bonds is 4. The maximum absolute atomic E-state index is 5.88. The van der Waals surface area contributed by atoms with Crippen molar-refractivity contribution < 1.29 is 0 Å². The van der Waals surface area contributed by atoms with Crippen molar-refractivity contribution in [2.24, 2.45) is 0 Å². The smallest absolute Gasteiger partial charge is 0.174 e. The minimum atomic E-state index is 0.00697. The molecular weight excluding hydrogens is 400 g/mol. The highest BCUT2D eigenvalue weighted by Crippen LogP contribution is 2.44. The quantitative estimate of drug-likeness (QED) is 0.507. The summed E-state index contributed by atoms with van der Waals surface area (Å²) >= 11 is 5.88. The van der Waals surface area contributed by atoms with Crippen LogP contribution in [-0.2, 0) is 0 Å². The summed E-state index contributed by atoms with van der Waals surface area (Å²) in [5, 5.41) is 4.35. The number of thiocarbonyl (C=S) groups is 1. The van der Waals surface area contributed by atoms with Crippen LogP contribution in [0.4, 0.5) is 5.69 Å². The third-order valence-electron chi connectivity index (χ3n) is 6.94. The molecule has 1 aromatic carbocycles. The number of pyridine rings is 1. The fraction of sp³-hybridized carbons (Fsp3) is 0.385. The lowest BCUT2D eigenvalue weighted by Crippen LogP contribution is -2.29. The number of nitrogens with zero attached hydrogens (tertiary/aromatic N) is 3. The van der Waals surface area contributed by atoms with E-state index in [4.69, 9.17) is 17.2 Å². The number of nitrogens with one attached hydrogen (secondary N) is 1. The molecule has 0 amide bonds. The number of benzene rings is 1. The molecule has 2 atom stereocenters. The summed E-state index contributed by atoms with van der Waals surface area (Å²) in [5.41, 5.74) is 7.44. The van der Waals surface area contributed by atoms with Crippen molar-refractivity contribution in [1.29, 1.82) is 0 Å². The summed E-state index contributed by atoms with van der Waals surface area (Å²) in [4.78, 5) is 6.98. The Balaban J connectivity index is 1.64. The number of hydrogen-bond acceptors (Lipinski definition) is 2. The van der Waals surface area contributed by atoms with Crippen LogP contribution in [0.15, 0.2) is 54.7 Å². The Labute approximate surface area is 190 Å². The van der Waals surface area contributed by atoms with Crippen LogP contribution in [0.3, 0.4) is 0 Å². The van der Waals surface area contributed by atoms with Crippen molar-refractivity contribution in [2.45, 2.75) is 64.6 Å². The molecule has 1 aliphatic carbocycles. The molecule has 0 spiro atoms. The van der Waals surface area contributed by atoms with Crippen LogP contribution >= 0.6 is 12.2 Å². The molecule has 1 saturated carbocycles. The largest absolute Gasteiger partial charge is 0.351 e. The Morgan fingerprint density at radius 3 is 2.42 bits per heavy atom. The molecule has 160 valence electrons. The van der Waals surface area contributed by atoms with Gasteiger partial charge in [-0.25, -0.2) is 0 Å². The molecule has 0 radical (unpaired) electrons. The van der Waals surface area contributed by atoms with Gasteiger partial charge in [0.05, 0.1) is 17.8 Å². The van der Waals surface area contributed by atoms with Crippen molar-refractivity contribution in [2.75, 3.05) is 4.90 Å². The van der Waals surface area contributed by atoms with Gasteiger partial charge in [0, 0.05) is 29.3 Å². The lowest BCUT2D eigenvalue weighted by molar-refractivity contribution is 0.494. The van der Waals surface area contributed by atoms with Crippen molar-refractivity contribution in [3.8, 4) is 0 Å². The van der Waals surface area contributed by atoms with Crippen LogP contribution < -0.4 is 10.2 Å². The van der Waals surface area contributed by atoms with Crippen LogP contribution in [0.5, 0.6) is 0 Å². The van der Waals surface area contributed by atoms with Gasteiger partial charge in [-0.2, -0.15) is 0 Å². The summed E-state index contributed by atoms with van der Waals surface area (Å²) in [6.07, 6.45) is 7.09. The molecule has 3 heterocycles. The van der Waals surface area contributed by atoms with Crippen LogP contribution in [0.2, 0.25) is 0 Å². The lowest BCUT2D eigenvalue weighted by Gasteiger charge is -2.28. The van der Waals surface area contributed by atoms with E-state index in [9.17, 15) is 0 Å². The Morgan fingerprint density at radius 1 is 1.00 bits per heavy atom. The molecule has 5 rings (SSSR count). The van der Waals surface area contributed by atoms with E-state index in [-0.39, 0.29) is 12.1 Å². The van der Waals surface area contributed by atoms with Crippen molar-refractivity contribution in [3.05, 3.63) is 82.9 Å². The standard InChI is InChI=1S/C26H30N4S/c1-17-11-13-21(14-12-17)30-25(24(28-26(30)31)23-10-6-7-15-27-23)22-16-18(2)29(19(22)3)20-8-4-5-9-20/h6-7,10-16,20,24-25H,4-5,8-9H2,1-3H3,(H,28,31)/t24-,25+/m0/s1. The second kappa shape index (κ2) is 8.12. The second-order valence-corrected chi connectivity index (χ2v) is 9.35. The first-order chi connectivity index (χ1) is 15.0. The molecule has 0 unspecified atom stereocenters. The molecule has 5 heteroatoms. The fourth-order valence-electron chi connectivity index (χ4n) is 5.48. The predicted octanol–water partition coefficient (Wildman–Crippen LogP) is 6.10. The zero-order valence-corrected chi connectivity index (χ0v) is 19.3. The third-order valence-corrected chi connectivity index (χ3v) is 7.26. The van der Waals surface area contributed by atoms with E-state index >= 15 is 0 Å². The topological polar surface area (TPSA) is 33.1 Å². The van der Waals surface area contributed by atoms with Gasteiger partial charge in [-0.1, -0.05) is 36.6 Å². The van der Waals surface area contributed by atoms with Gasteiger partial charge in [0.2, 0.25) is 0 Å². The van der Waals surface area contributed by atoms with E-state index in [1.807, 2.05) is 12.3 Å². The van der Waals surface area contributed by atoms with Gasteiger partial charge in [0.1, 0.15) is 0 Å². The Morgan fingerprint density at radius 2 is 1.74 bits per heavy atom. The van der Waals surface area contributed by atoms with E-state index < -0.39 is 0 Å². The molecule has 3 aromatic rings. The fourth-order valence-corrected chi connectivity index (χ4v) is 5.83. The summed E-state index contributed by atoms with van der Waals surface area (Å²) in [6.45, 7) is 6.65. The summed E-state index contributed by atoms with van der Waals surface area (Å²) in [7, 11) is 0. The SMILES string of the molecule is Cc1ccc(N2C(=S)N[C@@H](c3ccccn3)[C@H]2c2cc(C)n(C3CCCC3)c2C)cc1. The molecule has 2 aromatic heterocycles. The minimum Gasteiger partial charge on any atom is -0.351 e. The summed E-state index contributed by atoms with van der Waals surface area (Å²) in [6, 6.07) is 17.9. The first-order valence-corrected chi connectivity index (χ1v) is 11.7. The maximum Gasteiger partial charge on any atom is 0.174 e. The minimum absolute atomic E-state index is 0.00697. The Hall–Kier alpha value is -2.66. The van der Waals surface area contributed by atoms with Crippen molar-refractivity contribution in [1.82, 2.24) is 14.9 Å². The average Bonchev–Trinajstić information content (AvgIpc) is 3.47. The normalized spacial score (nSPS) is 21.6. The van der Waals surface area contributed by atoms with Crippen LogP contribution in [0, 0.1) is 20.8 Å². The number of aromatic nitrogens is 2. The first kappa shape index (κ1) is 20.3. The zero-order valence-electron chi connectivity index (χ0n) is 18.5. The molecule has 4 nitrogen and oxygen atoms in total. The Bertz CT molecular complexity index is 1080. The Kier molecular flexibility index (Phi) is 5.30. The number of aryl methyl sites for hydroxylation is 2. The van der Waals surface area contributed by atoms with Crippen LogP contribution in [-0.4, -0.2) is 14.7 Å². The highest BCUT2D eigenvalue weighted by Gasteiger charge is 2.42. The van der Waals surface area contributed by atoms with Gasteiger partial charge in [0.15, 0.2) is 5.11 Å². The summed E-state index contributed by atoms with van der Waals surface area (Å²) < 4.78 is 2.58. The van der Waals surface area contributed by atoms with Crippen molar-refractivity contribution in [3.63, 3.8) is 0 Å². The highest BCUT2D eigenvalue weighted by molar-refractivity contribution is 7.80. The molecule has 1 aliphatic heterocycles. The van der Waals surface area contributed by atoms with Crippen LogP contribution in [0.1, 0.15) is 72.0 Å². The molecule has 1 N–H and O–H groups in total. The molecule has 2 fully saturated rings. The predicted molar refractivity (Wildman–Crippen MR) is 131 cm³/mol. The second-order valence-electron chi connectivity index (χ2n) is 8.97.